The van der Waals surface area contributed by atoms with Gasteiger partial charge in [-0.3, -0.25) is 0 Å². The molecule has 100 valence electrons. The van der Waals surface area contributed by atoms with E-state index in [1.54, 1.807) is 24.5 Å². The van der Waals surface area contributed by atoms with Crippen molar-refractivity contribution < 1.29 is 4.39 Å². The van der Waals surface area contributed by atoms with Crippen LogP contribution in [-0.2, 0) is 0 Å². The zero-order valence-corrected chi connectivity index (χ0v) is 11.3. The minimum absolute atomic E-state index is 0.0131. The van der Waals surface area contributed by atoms with Crippen LogP contribution in [0.2, 0.25) is 10.3 Å². The van der Waals surface area contributed by atoms with E-state index >= 15 is 0 Å². The van der Waals surface area contributed by atoms with Crippen LogP contribution in [0.25, 0.3) is 17.3 Å². The standard InChI is InChI=1S/C12H6Cl2FN5/c13-8-4-7(5-9(15)6-8)10-17-11(14)19-12(18-10)20-3-1-2-16-20/h1-6H. The molecule has 0 unspecified atom stereocenters. The van der Waals surface area contributed by atoms with E-state index in [4.69, 9.17) is 23.2 Å². The number of hydrogen-bond donors (Lipinski definition) is 0. The first kappa shape index (κ1) is 13.0. The third-order valence-electron chi connectivity index (χ3n) is 2.43. The van der Waals surface area contributed by atoms with Gasteiger partial charge in [-0.15, -0.1) is 0 Å². The van der Waals surface area contributed by atoms with Gasteiger partial charge in [0.05, 0.1) is 0 Å². The van der Waals surface area contributed by atoms with Crippen LogP contribution in [-0.4, -0.2) is 24.7 Å². The molecule has 0 N–H and O–H groups in total. The molecule has 0 atom stereocenters. The van der Waals surface area contributed by atoms with Crippen LogP contribution >= 0.6 is 23.2 Å². The van der Waals surface area contributed by atoms with Crippen molar-refractivity contribution in [2.75, 3.05) is 0 Å². The van der Waals surface area contributed by atoms with Gasteiger partial charge < -0.3 is 0 Å². The quantitative estimate of drug-likeness (QED) is 0.729. The Morgan fingerprint density at radius 1 is 1.05 bits per heavy atom. The molecule has 2 aromatic heterocycles. The molecule has 3 aromatic rings. The zero-order chi connectivity index (χ0) is 14.1. The molecule has 2 heterocycles. The van der Waals surface area contributed by atoms with Crippen LogP contribution in [0.5, 0.6) is 0 Å². The maximum atomic E-state index is 13.4. The van der Waals surface area contributed by atoms with E-state index in [0.29, 0.717) is 5.56 Å². The molecule has 0 bridgehead atoms. The lowest BCUT2D eigenvalue weighted by Gasteiger charge is -2.05. The van der Waals surface area contributed by atoms with Crippen LogP contribution < -0.4 is 0 Å². The van der Waals surface area contributed by atoms with Crippen LogP contribution in [0.15, 0.2) is 36.7 Å². The molecule has 0 amide bonds. The van der Waals surface area contributed by atoms with Gasteiger partial charge in [0.1, 0.15) is 5.82 Å². The van der Waals surface area contributed by atoms with Crippen LogP contribution in [0.1, 0.15) is 0 Å². The third-order valence-corrected chi connectivity index (χ3v) is 2.81. The summed E-state index contributed by atoms with van der Waals surface area (Å²) in [4.78, 5) is 12.1. The second kappa shape index (κ2) is 5.15. The van der Waals surface area contributed by atoms with Gasteiger partial charge in [-0.05, 0) is 35.9 Å². The molecule has 0 saturated carbocycles. The topological polar surface area (TPSA) is 56.5 Å². The zero-order valence-electron chi connectivity index (χ0n) is 9.83. The molecule has 0 fully saturated rings. The van der Waals surface area contributed by atoms with E-state index in [-0.39, 0.29) is 22.1 Å². The fourth-order valence-electron chi connectivity index (χ4n) is 1.64. The SMILES string of the molecule is Fc1cc(Cl)cc(-c2nc(Cl)nc(-n3cccn3)n2)c1. The van der Waals surface area contributed by atoms with Gasteiger partial charge in [-0.2, -0.15) is 20.1 Å². The molecule has 1 aromatic carbocycles. The fraction of sp³-hybridized carbons (Fsp3) is 0. The number of rotatable bonds is 2. The summed E-state index contributed by atoms with van der Waals surface area (Å²) >= 11 is 11.7. The number of benzene rings is 1. The van der Waals surface area contributed by atoms with E-state index in [2.05, 4.69) is 20.1 Å². The Bertz CT molecular complexity index is 740. The Balaban J connectivity index is 2.14. The highest BCUT2D eigenvalue weighted by Gasteiger charge is 2.10. The molecule has 0 radical (unpaired) electrons. The average Bonchev–Trinajstić information content (AvgIpc) is 2.90. The number of halogens is 3. The Labute approximate surface area is 123 Å². The van der Waals surface area contributed by atoms with E-state index in [1.807, 2.05) is 0 Å². The lowest BCUT2D eigenvalue weighted by atomic mass is 10.2. The molecule has 5 nitrogen and oxygen atoms in total. The van der Waals surface area contributed by atoms with Crippen LogP contribution in [0, 0.1) is 5.82 Å². The predicted octanol–water partition coefficient (Wildman–Crippen LogP) is 3.17. The van der Waals surface area contributed by atoms with Crippen LogP contribution in [0.4, 0.5) is 4.39 Å². The summed E-state index contributed by atoms with van der Waals surface area (Å²) in [5.74, 6) is -0.0213. The first-order chi connectivity index (χ1) is 9.61. The highest BCUT2D eigenvalue weighted by molar-refractivity contribution is 6.30. The van der Waals surface area contributed by atoms with E-state index in [0.717, 1.165) is 0 Å². The van der Waals surface area contributed by atoms with Crippen molar-refractivity contribution in [2.45, 2.75) is 0 Å². The Kier molecular flexibility index (Phi) is 3.33. The summed E-state index contributed by atoms with van der Waals surface area (Å²) in [5.41, 5.74) is 0.410. The predicted molar refractivity (Wildman–Crippen MR) is 72.4 cm³/mol. The smallest absolute Gasteiger partial charge is 0.207 e. The van der Waals surface area contributed by atoms with E-state index < -0.39 is 5.82 Å². The molecule has 8 heteroatoms. The molecule has 0 saturated heterocycles. The van der Waals surface area contributed by atoms with E-state index in [9.17, 15) is 4.39 Å². The molecule has 0 aliphatic heterocycles. The lowest BCUT2D eigenvalue weighted by Crippen LogP contribution is -2.05. The van der Waals surface area contributed by atoms with Crippen LogP contribution in [0.3, 0.4) is 0 Å². The molecule has 3 rings (SSSR count). The first-order valence-corrected chi connectivity index (χ1v) is 6.25. The molecular weight excluding hydrogens is 304 g/mol. The summed E-state index contributed by atoms with van der Waals surface area (Å²) in [6, 6.07) is 5.73. The fourth-order valence-corrected chi connectivity index (χ4v) is 2.02. The first-order valence-electron chi connectivity index (χ1n) is 5.50. The lowest BCUT2D eigenvalue weighted by molar-refractivity contribution is 0.628. The minimum atomic E-state index is -0.482. The molecule has 20 heavy (non-hydrogen) atoms. The molecule has 0 aliphatic carbocycles. The second-order valence-electron chi connectivity index (χ2n) is 3.84. The van der Waals surface area contributed by atoms with Gasteiger partial charge >= 0.3 is 0 Å². The van der Waals surface area contributed by atoms with Gasteiger partial charge in [-0.1, -0.05) is 11.6 Å². The maximum Gasteiger partial charge on any atom is 0.255 e. The number of hydrogen-bond acceptors (Lipinski definition) is 4. The highest BCUT2D eigenvalue weighted by atomic mass is 35.5. The average molecular weight is 310 g/mol. The Morgan fingerprint density at radius 2 is 1.90 bits per heavy atom. The van der Waals surface area contributed by atoms with Crippen molar-refractivity contribution in [1.29, 1.82) is 0 Å². The number of aromatic nitrogens is 5. The molecule has 0 spiro atoms. The monoisotopic (exact) mass is 309 g/mol. The maximum absolute atomic E-state index is 13.4. The minimum Gasteiger partial charge on any atom is -0.207 e. The van der Waals surface area contributed by atoms with Gasteiger partial charge in [-0.25, -0.2) is 9.07 Å². The van der Waals surface area contributed by atoms with Crippen molar-refractivity contribution in [1.82, 2.24) is 24.7 Å². The van der Waals surface area contributed by atoms with Crippen molar-refractivity contribution in [3.05, 3.63) is 52.8 Å². The molecular formula is C12H6Cl2FN5. The van der Waals surface area contributed by atoms with Gasteiger partial charge in [0.2, 0.25) is 5.28 Å². The van der Waals surface area contributed by atoms with Crippen molar-refractivity contribution in [3.63, 3.8) is 0 Å². The highest BCUT2D eigenvalue weighted by Crippen LogP contribution is 2.22. The van der Waals surface area contributed by atoms with Gasteiger partial charge in [0.15, 0.2) is 5.82 Å². The Morgan fingerprint density at radius 3 is 2.60 bits per heavy atom. The summed E-state index contributed by atoms with van der Waals surface area (Å²) in [5, 5.41) is 4.24. The van der Waals surface area contributed by atoms with Crippen molar-refractivity contribution in [2.24, 2.45) is 0 Å². The summed E-state index contributed by atoms with van der Waals surface area (Å²) < 4.78 is 14.8. The Hall–Kier alpha value is -2.05. The van der Waals surface area contributed by atoms with E-state index in [1.165, 1.54) is 16.8 Å². The largest absolute Gasteiger partial charge is 0.255 e. The van der Waals surface area contributed by atoms with Gasteiger partial charge in [0.25, 0.3) is 5.95 Å². The summed E-state index contributed by atoms with van der Waals surface area (Å²) in [7, 11) is 0. The summed E-state index contributed by atoms with van der Waals surface area (Å²) in [6.07, 6.45) is 3.24. The van der Waals surface area contributed by atoms with Crippen molar-refractivity contribution in [3.8, 4) is 17.3 Å². The van der Waals surface area contributed by atoms with Crippen molar-refractivity contribution >= 4 is 23.2 Å². The summed E-state index contributed by atoms with van der Waals surface area (Å²) in [6.45, 7) is 0. The van der Waals surface area contributed by atoms with Gasteiger partial charge in [0, 0.05) is 23.0 Å². The third kappa shape index (κ3) is 2.61. The molecule has 0 aliphatic rings. The second-order valence-corrected chi connectivity index (χ2v) is 4.61. The number of nitrogens with zero attached hydrogens (tertiary/aromatic N) is 5. The normalized spacial score (nSPS) is 10.8.